The summed E-state index contributed by atoms with van der Waals surface area (Å²) >= 11 is 0. The van der Waals surface area contributed by atoms with Crippen molar-refractivity contribution in [2.45, 2.75) is 46.1 Å². The van der Waals surface area contributed by atoms with E-state index in [0.29, 0.717) is 12.0 Å². The number of anilines is 1. The molecule has 0 radical (unpaired) electrons. The molecule has 0 saturated heterocycles. The van der Waals surface area contributed by atoms with Crippen molar-refractivity contribution in [3.63, 3.8) is 0 Å². The molecule has 1 aliphatic rings. The van der Waals surface area contributed by atoms with Crippen molar-refractivity contribution in [3.8, 4) is 0 Å². The van der Waals surface area contributed by atoms with Gasteiger partial charge >= 0.3 is 5.97 Å². The summed E-state index contributed by atoms with van der Waals surface area (Å²) in [4.78, 5) is 13.1. The Hall–Kier alpha value is -1.77. The van der Waals surface area contributed by atoms with E-state index in [1.165, 1.54) is 31.0 Å². The van der Waals surface area contributed by atoms with Crippen LogP contribution >= 0.6 is 0 Å². The minimum atomic E-state index is -0.907. The molecular formula is C18H25NO2. The standard InChI is InChI=1S/C18H25NO2/c1-13(2)10-11-19(16-7-8-16)17-6-4-15(14(3)12-17)5-9-18(20)21/h4-6,9,12-13,16H,7-8,10-11H2,1-3H3,(H,20,21)/b9-5+. The largest absolute Gasteiger partial charge is 0.478 e. The molecule has 1 aliphatic carbocycles. The molecule has 3 heteroatoms. The van der Waals surface area contributed by atoms with Crippen LogP contribution in [0.1, 0.15) is 44.2 Å². The lowest BCUT2D eigenvalue weighted by Crippen LogP contribution is -2.27. The lowest BCUT2D eigenvalue weighted by molar-refractivity contribution is -0.131. The second-order valence-corrected chi connectivity index (χ2v) is 6.32. The number of hydrogen-bond acceptors (Lipinski definition) is 2. The molecule has 114 valence electrons. The van der Waals surface area contributed by atoms with Gasteiger partial charge in [-0.2, -0.15) is 0 Å². The van der Waals surface area contributed by atoms with Crippen LogP contribution in [0.25, 0.3) is 6.08 Å². The highest BCUT2D eigenvalue weighted by Gasteiger charge is 2.29. The molecule has 1 saturated carbocycles. The second kappa shape index (κ2) is 6.79. The SMILES string of the molecule is Cc1cc(N(CCC(C)C)C2CC2)ccc1/C=C/C(=O)O. The molecule has 21 heavy (non-hydrogen) atoms. The number of carbonyl (C=O) groups is 1. The van der Waals surface area contributed by atoms with Crippen molar-refractivity contribution in [2.75, 3.05) is 11.4 Å². The zero-order chi connectivity index (χ0) is 15.4. The smallest absolute Gasteiger partial charge is 0.328 e. The Bertz CT molecular complexity index is 530. The van der Waals surface area contributed by atoms with Crippen molar-refractivity contribution in [1.29, 1.82) is 0 Å². The van der Waals surface area contributed by atoms with Crippen LogP contribution in [0.4, 0.5) is 5.69 Å². The molecule has 1 aromatic carbocycles. The summed E-state index contributed by atoms with van der Waals surface area (Å²) in [5.41, 5.74) is 3.36. The fourth-order valence-electron chi connectivity index (χ4n) is 2.49. The highest BCUT2D eigenvalue weighted by atomic mass is 16.4. The first-order chi connectivity index (χ1) is 9.97. The Morgan fingerprint density at radius 2 is 2.14 bits per heavy atom. The second-order valence-electron chi connectivity index (χ2n) is 6.32. The Labute approximate surface area is 127 Å². The van der Waals surface area contributed by atoms with Crippen LogP contribution in [0.2, 0.25) is 0 Å². The number of rotatable bonds is 7. The first kappa shape index (κ1) is 15.6. The third-order valence-electron chi connectivity index (χ3n) is 3.93. The van der Waals surface area contributed by atoms with E-state index in [2.05, 4.69) is 30.9 Å². The molecule has 0 aromatic heterocycles. The number of aryl methyl sites for hydroxylation is 1. The van der Waals surface area contributed by atoms with Crippen molar-refractivity contribution in [1.82, 2.24) is 0 Å². The third-order valence-corrected chi connectivity index (χ3v) is 3.93. The van der Waals surface area contributed by atoms with Crippen LogP contribution in [-0.2, 0) is 4.79 Å². The maximum atomic E-state index is 10.6. The molecular weight excluding hydrogens is 262 g/mol. The molecule has 0 atom stereocenters. The summed E-state index contributed by atoms with van der Waals surface area (Å²) in [5.74, 6) is -0.194. The number of benzene rings is 1. The summed E-state index contributed by atoms with van der Waals surface area (Å²) in [7, 11) is 0. The normalized spacial score (nSPS) is 14.9. The molecule has 0 amide bonds. The molecule has 1 aromatic rings. The molecule has 0 heterocycles. The summed E-state index contributed by atoms with van der Waals surface area (Å²) in [6.07, 6.45) is 6.64. The first-order valence-corrected chi connectivity index (χ1v) is 7.75. The molecule has 0 unspecified atom stereocenters. The average molecular weight is 287 g/mol. The topological polar surface area (TPSA) is 40.5 Å². The molecule has 1 fully saturated rings. The van der Waals surface area contributed by atoms with Gasteiger partial charge in [-0.25, -0.2) is 4.79 Å². The van der Waals surface area contributed by atoms with E-state index in [9.17, 15) is 4.79 Å². The first-order valence-electron chi connectivity index (χ1n) is 7.75. The number of nitrogens with zero attached hydrogens (tertiary/aromatic N) is 1. The summed E-state index contributed by atoms with van der Waals surface area (Å²) in [6.45, 7) is 7.66. The fourth-order valence-corrected chi connectivity index (χ4v) is 2.49. The van der Waals surface area contributed by atoms with Gasteiger partial charge in [-0.1, -0.05) is 19.9 Å². The van der Waals surface area contributed by atoms with E-state index in [1.807, 2.05) is 13.0 Å². The van der Waals surface area contributed by atoms with Gasteiger partial charge in [0.1, 0.15) is 0 Å². The minimum Gasteiger partial charge on any atom is -0.478 e. The van der Waals surface area contributed by atoms with E-state index >= 15 is 0 Å². The predicted octanol–water partition coefficient (Wildman–Crippen LogP) is 4.11. The highest BCUT2D eigenvalue weighted by Crippen LogP contribution is 2.33. The van der Waals surface area contributed by atoms with Crippen molar-refractivity contribution < 1.29 is 9.90 Å². The predicted molar refractivity (Wildman–Crippen MR) is 87.7 cm³/mol. The molecule has 0 spiro atoms. The molecule has 0 bridgehead atoms. The maximum Gasteiger partial charge on any atom is 0.328 e. The van der Waals surface area contributed by atoms with Crippen molar-refractivity contribution in [3.05, 3.63) is 35.4 Å². The van der Waals surface area contributed by atoms with E-state index in [-0.39, 0.29) is 0 Å². The average Bonchev–Trinajstić information content (AvgIpc) is 3.22. The van der Waals surface area contributed by atoms with Crippen LogP contribution in [0.15, 0.2) is 24.3 Å². The highest BCUT2D eigenvalue weighted by molar-refractivity contribution is 5.85. The Kier molecular flexibility index (Phi) is 5.05. The van der Waals surface area contributed by atoms with Crippen LogP contribution < -0.4 is 4.90 Å². The van der Waals surface area contributed by atoms with Gasteiger partial charge in [-0.15, -0.1) is 0 Å². The van der Waals surface area contributed by atoms with E-state index in [4.69, 9.17) is 5.11 Å². The van der Waals surface area contributed by atoms with Crippen LogP contribution in [-0.4, -0.2) is 23.7 Å². The van der Waals surface area contributed by atoms with Gasteiger partial charge in [-0.05, 0) is 61.4 Å². The zero-order valence-electron chi connectivity index (χ0n) is 13.2. The number of aliphatic carboxylic acids is 1. The lowest BCUT2D eigenvalue weighted by Gasteiger charge is -2.26. The van der Waals surface area contributed by atoms with E-state index < -0.39 is 5.97 Å². The zero-order valence-corrected chi connectivity index (χ0v) is 13.2. The monoisotopic (exact) mass is 287 g/mol. The van der Waals surface area contributed by atoms with Crippen LogP contribution in [0, 0.1) is 12.8 Å². The van der Waals surface area contributed by atoms with Crippen LogP contribution in [0.3, 0.4) is 0 Å². The molecule has 1 N–H and O–H groups in total. The van der Waals surface area contributed by atoms with Crippen LogP contribution in [0.5, 0.6) is 0 Å². The van der Waals surface area contributed by atoms with Gasteiger partial charge in [-0.3, -0.25) is 0 Å². The Morgan fingerprint density at radius 1 is 1.43 bits per heavy atom. The van der Waals surface area contributed by atoms with E-state index in [0.717, 1.165) is 17.7 Å². The summed E-state index contributed by atoms with van der Waals surface area (Å²) in [5, 5.41) is 8.72. The van der Waals surface area contributed by atoms with Gasteiger partial charge in [0.15, 0.2) is 0 Å². The maximum absolute atomic E-state index is 10.6. The van der Waals surface area contributed by atoms with Crippen molar-refractivity contribution >= 4 is 17.7 Å². The molecule has 0 aliphatic heterocycles. The van der Waals surface area contributed by atoms with Gasteiger partial charge in [0, 0.05) is 24.4 Å². The number of hydrogen-bond donors (Lipinski definition) is 1. The fraction of sp³-hybridized carbons (Fsp3) is 0.500. The minimum absolute atomic E-state index is 0.698. The lowest BCUT2D eigenvalue weighted by atomic mass is 10.1. The third kappa shape index (κ3) is 4.62. The van der Waals surface area contributed by atoms with Gasteiger partial charge < -0.3 is 10.0 Å². The Balaban J connectivity index is 2.14. The quantitative estimate of drug-likeness (QED) is 0.767. The van der Waals surface area contributed by atoms with E-state index in [1.54, 1.807) is 6.08 Å². The number of carboxylic acids is 1. The summed E-state index contributed by atoms with van der Waals surface area (Å²) < 4.78 is 0. The van der Waals surface area contributed by atoms with Gasteiger partial charge in [0.2, 0.25) is 0 Å². The van der Waals surface area contributed by atoms with Gasteiger partial charge in [0.25, 0.3) is 0 Å². The van der Waals surface area contributed by atoms with Crippen molar-refractivity contribution in [2.24, 2.45) is 5.92 Å². The molecule has 2 rings (SSSR count). The summed E-state index contributed by atoms with van der Waals surface area (Å²) in [6, 6.07) is 7.02. The molecule has 3 nitrogen and oxygen atoms in total. The number of carboxylic acid groups (broad SMARTS) is 1. The van der Waals surface area contributed by atoms with Gasteiger partial charge in [0.05, 0.1) is 0 Å². The Morgan fingerprint density at radius 3 is 2.67 bits per heavy atom.